The third-order valence-electron chi connectivity index (χ3n) is 8.39. The van der Waals surface area contributed by atoms with Gasteiger partial charge in [-0.2, -0.15) is 8.78 Å². The van der Waals surface area contributed by atoms with Gasteiger partial charge in [0.15, 0.2) is 11.3 Å². The van der Waals surface area contributed by atoms with Crippen LogP contribution < -0.4 is 5.73 Å². The average molecular weight is 630 g/mol. The summed E-state index contributed by atoms with van der Waals surface area (Å²) in [6.07, 6.45) is 1.02. The first-order chi connectivity index (χ1) is 20.3. The number of nitrogens with two attached hydrogens (primary N) is 1. The highest BCUT2D eigenvalue weighted by Crippen LogP contribution is 2.32. The lowest BCUT2D eigenvalue weighted by Gasteiger charge is -2.42. The molecule has 0 aliphatic carbocycles. The van der Waals surface area contributed by atoms with Gasteiger partial charge in [-0.25, -0.2) is 9.59 Å². The number of carboxylic acids is 1. The van der Waals surface area contributed by atoms with Crippen molar-refractivity contribution in [3.05, 3.63) is 0 Å². The molecule has 5 amide bonds. The Hall–Kier alpha value is -3.49. The quantitative estimate of drug-likeness (QED) is 0.257. The SMILES string of the molecule is CCCCC(=O)C(F)(F)C(=O)[C@H](C(C)C)N(C(=O)N1CCC[C@H]1C)C(=O)[C@](N)(C(=O)CN1CCN(CC(=O)O)C1=O)C(C)C. The maximum absolute atomic E-state index is 15.4. The Balaban J connectivity index is 2.60. The minimum atomic E-state index is -4.52. The van der Waals surface area contributed by atoms with Gasteiger partial charge in [-0.05, 0) is 38.0 Å². The molecule has 2 aliphatic rings. The van der Waals surface area contributed by atoms with Gasteiger partial charge in [0.25, 0.3) is 5.91 Å². The third kappa shape index (κ3) is 7.41. The molecule has 248 valence electrons. The summed E-state index contributed by atoms with van der Waals surface area (Å²) in [6.45, 7) is 7.60. The topological polar surface area (TPSA) is 179 Å². The maximum atomic E-state index is 15.4. The Morgan fingerprint density at radius 2 is 1.57 bits per heavy atom. The van der Waals surface area contributed by atoms with Gasteiger partial charge in [-0.3, -0.25) is 28.9 Å². The number of carbonyl (C=O) groups is 7. The Morgan fingerprint density at radius 3 is 2.02 bits per heavy atom. The van der Waals surface area contributed by atoms with Crippen molar-refractivity contribution in [3.63, 3.8) is 0 Å². The number of rotatable bonds is 15. The van der Waals surface area contributed by atoms with Gasteiger partial charge in [0.05, 0.1) is 6.54 Å². The van der Waals surface area contributed by atoms with Crippen molar-refractivity contribution in [1.82, 2.24) is 19.6 Å². The summed E-state index contributed by atoms with van der Waals surface area (Å²) in [5.74, 6) is -14.0. The fourth-order valence-corrected chi connectivity index (χ4v) is 5.50. The van der Waals surface area contributed by atoms with Crippen molar-refractivity contribution in [1.29, 1.82) is 0 Å². The minimum Gasteiger partial charge on any atom is -0.480 e. The number of amides is 5. The van der Waals surface area contributed by atoms with Crippen molar-refractivity contribution in [2.75, 3.05) is 32.7 Å². The predicted octanol–water partition coefficient (Wildman–Crippen LogP) is 2.15. The highest BCUT2D eigenvalue weighted by Gasteiger charge is 2.58. The number of unbranched alkanes of at least 4 members (excludes halogenated alkanes) is 1. The van der Waals surface area contributed by atoms with E-state index in [9.17, 15) is 33.6 Å². The third-order valence-corrected chi connectivity index (χ3v) is 8.39. The molecule has 0 spiro atoms. The van der Waals surface area contributed by atoms with Crippen LogP contribution in [0.2, 0.25) is 0 Å². The van der Waals surface area contributed by atoms with Crippen molar-refractivity contribution >= 4 is 41.3 Å². The lowest BCUT2D eigenvalue weighted by atomic mass is 9.80. The first kappa shape index (κ1) is 36.7. The van der Waals surface area contributed by atoms with Crippen LogP contribution in [0.25, 0.3) is 0 Å². The first-order valence-electron chi connectivity index (χ1n) is 15.0. The monoisotopic (exact) mass is 629 g/mol. The number of Topliss-reactive ketones (excluding diaryl/α,β-unsaturated/α-hetero) is 3. The number of halogens is 2. The highest BCUT2D eigenvalue weighted by molar-refractivity contribution is 6.19. The summed E-state index contributed by atoms with van der Waals surface area (Å²) in [7, 11) is 0. The molecule has 2 aliphatic heterocycles. The summed E-state index contributed by atoms with van der Waals surface area (Å²) in [6, 6.07) is -4.43. The second kappa shape index (κ2) is 14.5. The Labute approximate surface area is 256 Å². The number of urea groups is 2. The molecule has 0 saturated carbocycles. The van der Waals surface area contributed by atoms with Crippen LogP contribution in [-0.4, -0.2) is 122 Å². The number of carboxylic acid groups (broad SMARTS) is 1. The number of likely N-dealkylation sites (tertiary alicyclic amines) is 1. The van der Waals surface area contributed by atoms with Gasteiger partial charge in [-0.1, -0.05) is 41.0 Å². The molecule has 2 saturated heterocycles. The molecule has 2 rings (SSSR count). The number of hydrogen-bond donors (Lipinski definition) is 2. The summed E-state index contributed by atoms with van der Waals surface area (Å²) in [5, 5.41) is 9.04. The van der Waals surface area contributed by atoms with Gasteiger partial charge >= 0.3 is 24.0 Å². The summed E-state index contributed by atoms with van der Waals surface area (Å²) >= 11 is 0. The van der Waals surface area contributed by atoms with Crippen LogP contribution >= 0.6 is 0 Å². The van der Waals surface area contributed by atoms with Gasteiger partial charge in [0, 0.05) is 32.1 Å². The molecule has 0 bridgehead atoms. The Morgan fingerprint density at radius 1 is 1.00 bits per heavy atom. The van der Waals surface area contributed by atoms with E-state index in [0.717, 1.165) is 9.80 Å². The van der Waals surface area contributed by atoms with Crippen LogP contribution in [0.3, 0.4) is 0 Å². The van der Waals surface area contributed by atoms with Crippen molar-refractivity contribution in [3.8, 4) is 0 Å². The fraction of sp³-hybridized carbons (Fsp3) is 0.759. The molecule has 0 aromatic rings. The largest absolute Gasteiger partial charge is 0.480 e. The fourth-order valence-electron chi connectivity index (χ4n) is 5.50. The van der Waals surface area contributed by atoms with Gasteiger partial charge in [-0.15, -0.1) is 0 Å². The normalized spacial score (nSPS) is 19.4. The highest BCUT2D eigenvalue weighted by atomic mass is 19.3. The van der Waals surface area contributed by atoms with E-state index in [1.165, 1.54) is 32.6 Å². The molecule has 3 atom stereocenters. The Bertz CT molecular complexity index is 1160. The minimum absolute atomic E-state index is 0.00582. The molecule has 3 N–H and O–H groups in total. The second-order valence-electron chi connectivity index (χ2n) is 12.3. The zero-order valence-electron chi connectivity index (χ0n) is 26.3. The molecular weight excluding hydrogens is 584 g/mol. The van der Waals surface area contributed by atoms with Crippen LogP contribution in [0.15, 0.2) is 0 Å². The molecule has 44 heavy (non-hydrogen) atoms. The molecule has 2 fully saturated rings. The van der Waals surface area contributed by atoms with E-state index in [0.29, 0.717) is 24.2 Å². The summed E-state index contributed by atoms with van der Waals surface area (Å²) in [5.41, 5.74) is 3.93. The van der Waals surface area contributed by atoms with E-state index in [4.69, 9.17) is 10.8 Å². The number of nitrogens with zero attached hydrogens (tertiary/aromatic N) is 4. The van der Waals surface area contributed by atoms with E-state index in [1.807, 2.05) is 0 Å². The predicted molar refractivity (Wildman–Crippen MR) is 154 cm³/mol. The van der Waals surface area contributed by atoms with E-state index >= 15 is 8.78 Å². The lowest BCUT2D eigenvalue weighted by molar-refractivity contribution is -0.164. The standard InChI is InChI=1S/C29H45F2N5O8/c1-7-8-11-20(37)29(30,31)24(41)23(17(2)3)36(27(44)35-12-9-10-19(35)6)25(42)28(32,18(4)5)21(38)15-33-13-14-34(26(33)43)16-22(39)40/h17-19,23H,7-16,32H2,1-6H3,(H,39,40)/t19-,23+,28-/m1/s1. The number of imide groups is 1. The van der Waals surface area contributed by atoms with Gasteiger partial charge in [0.2, 0.25) is 11.6 Å². The Kier molecular flexibility index (Phi) is 12.1. The molecule has 0 aromatic heterocycles. The number of alkyl halides is 2. The number of carbonyl (C=O) groups excluding carboxylic acids is 6. The van der Waals surface area contributed by atoms with Crippen LogP contribution in [0.4, 0.5) is 18.4 Å². The van der Waals surface area contributed by atoms with Crippen LogP contribution in [0.1, 0.15) is 73.6 Å². The van der Waals surface area contributed by atoms with E-state index in [2.05, 4.69) is 0 Å². The molecule has 0 radical (unpaired) electrons. The van der Waals surface area contributed by atoms with E-state index in [-0.39, 0.29) is 26.1 Å². The second-order valence-corrected chi connectivity index (χ2v) is 12.3. The summed E-state index contributed by atoms with van der Waals surface area (Å²) in [4.78, 5) is 95.5. The van der Waals surface area contributed by atoms with Crippen LogP contribution in [0.5, 0.6) is 0 Å². The lowest BCUT2D eigenvalue weighted by Crippen LogP contribution is -2.71. The zero-order chi connectivity index (χ0) is 33.7. The van der Waals surface area contributed by atoms with Gasteiger partial charge < -0.3 is 25.5 Å². The van der Waals surface area contributed by atoms with Crippen molar-refractivity contribution < 1.29 is 47.4 Å². The molecule has 0 unspecified atom stereocenters. The van der Waals surface area contributed by atoms with Crippen LogP contribution in [0, 0.1) is 11.8 Å². The van der Waals surface area contributed by atoms with E-state index in [1.54, 1.807) is 13.8 Å². The first-order valence-corrected chi connectivity index (χ1v) is 15.0. The average Bonchev–Trinajstić information content (AvgIpc) is 3.52. The number of aliphatic carboxylic acids is 1. The number of hydrogen-bond acceptors (Lipinski definition) is 8. The molecule has 15 heteroatoms. The van der Waals surface area contributed by atoms with Crippen LogP contribution in [-0.2, 0) is 24.0 Å². The molecule has 0 aromatic carbocycles. The smallest absolute Gasteiger partial charge is 0.364 e. The van der Waals surface area contributed by atoms with E-state index < -0.39 is 96.2 Å². The molecule has 13 nitrogen and oxygen atoms in total. The number of ketones is 3. The van der Waals surface area contributed by atoms with Crippen molar-refractivity contribution in [2.24, 2.45) is 17.6 Å². The van der Waals surface area contributed by atoms with Gasteiger partial charge in [0.1, 0.15) is 12.6 Å². The van der Waals surface area contributed by atoms with Crippen molar-refractivity contribution in [2.45, 2.75) is 97.2 Å². The zero-order valence-corrected chi connectivity index (χ0v) is 26.3. The summed E-state index contributed by atoms with van der Waals surface area (Å²) < 4.78 is 30.8. The molecule has 2 heterocycles. The molecular formula is C29H45F2N5O8. The maximum Gasteiger partial charge on any atom is 0.364 e.